The predicted octanol–water partition coefficient (Wildman–Crippen LogP) is 8.37. The number of aromatic nitrogens is 1. The van der Waals surface area contributed by atoms with Crippen molar-refractivity contribution in [1.82, 2.24) is 4.98 Å². The van der Waals surface area contributed by atoms with E-state index in [0.29, 0.717) is 26.9 Å². The Bertz CT molecular complexity index is 1320. The predicted molar refractivity (Wildman–Crippen MR) is 130 cm³/mol. The highest BCUT2D eigenvalue weighted by Crippen LogP contribution is 2.39. The van der Waals surface area contributed by atoms with Gasteiger partial charge in [-0.1, -0.05) is 47.5 Å². The van der Waals surface area contributed by atoms with Gasteiger partial charge in [-0.15, -0.1) is 0 Å². The van der Waals surface area contributed by atoms with Gasteiger partial charge < -0.3 is 10.4 Å². The van der Waals surface area contributed by atoms with E-state index in [0.717, 1.165) is 29.0 Å². The van der Waals surface area contributed by atoms with E-state index in [1.165, 1.54) is 6.20 Å². The lowest BCUT2D eigenvalue weighted by molar-refractivity contribution is -0.137. The number of phenolic OH excluding ortho intramolecular Hbond substituents is 1. The maximum absolute atomic E-state index is 13.4. The van der Waals surface area contributed by atoms with Crippen LogP contribution in [0.5, 0.6) is 5.75 Å². The molecule has 0 saturated heterocycles. The normalized spacial score (nSPS) is 11.5. The van der Waals surface area contributed by atoms with Crippen LogP contribution in [-0.2, 0) is 12.7 Å². The second-order valence-corrected chi connectivity index (χ2v) is 8.61. The summed E-state index contributed by atoms with van der Waals surface area (Å²) in [7, 11) is 0. The summed E-state index contributed by atoms with van der Waals surface area (Å²) in [6.45, 7) is 1.86. The summed E-state index contributed by atoms with van der Waals surface area (Å²) in [5.74, 6) is -0.457. The van der Waals surface area contributed by atoms with E-state index in [9.17, 15) is 18.3 Å². The molecule has 0 aliphatic heterocycles. The zero-order valence-corrected chi connectivity index (χ0v) is 19.4. The van der Waals surface area contributed by atoms with Gasteiger partial charge in [-0.25, -0.2) is 0 Å². The second kappa shape index (κ2) is 9.57. The SMILES string of the molecule is Cc1ccc(-c2cc(C(F)(F)F)cc(O)c2CNc2ccc(-c3ccc(Cl)cc3)c(Cl)c2)cn1. The highest BCUT2D eigenvalue weighted by molar-refractivity contribution is 6.33. The van der Waals surface area contributed by atoms with Gasteiger partial charge in [-0.05, 0) is 60.5 Å². The van der Waals surface area contributed by atoms with Crippen LogP contribution in [0.2, 0.25) is 10.0 Å². The van der Waals surface area contributed by atoms with Gasteiger partial charge in [0.25, 0.3) is 0 Å². The fourth-order valence-corrected chi connectivity index (χ4v) is 3.99. The average Bonchev–Trinajstić information content (AvgIpc) is 2.78. The monoisotopic (exact) mass is 502 g/mol. The van der Waals surface area contributed by atoms with E-state index >= 15 is 0 Å². The Morgan fingerprint density at radius 1 is 0.882 bits per heavy atom. The molecule has 4 rings (SSSR count). The summed E-state index contributed by atoms with van der Waals surface area (Å²) in [6.07, 6.45) is -3.10. The number of alkyl halides is 3. The molecular weight excluding hydrogens is 484 g/mol. The Balaban J connectivity index is 1.65. The fourth-order valence-electron chi connectivity index (χ4n) is 3.57. The smallest absolute Gasteiger partial charge is 0.416 e. The summed E-state index contributed by atoms with van der Waals surface area (Å²) in [4.78, 5) is 4.18. The average molecular weight is 503 g/mol. The minimum Gasteiger partial charge on any atom is -0.508 e. The van der Waals surface area contributed by atoms with Gasteiger partial charge in [-0.3, -0.25) is 4.98 Å². The number of benzene rings is 3. The summed E-state index contributed by atoms with van der Waals surface area (Å²) in [6, 6.07) is 17.8. The Kier molecular flexibility index (Phi) is 6.73. The van der Waals surface area contributed by atoms with Crippen LogP contribution in [-0.4, -0.2) is 10.1 Å². The van der Waals surface area contributed by atoms with Crippen molar-refractivity contribution in [3.63, 3.8) is 0 Å². The zero-order valence-electron chi connectivity index (χ0n) is 17.9. The van der Waals surface area contributed by atoms with Gasteiger partial charge >= 0.3 is 6.18 Å². The minimum atomic E-state index is -4.60. The van der Waals surface area contributed by atoms with Gasteiger partial charge in [0.2, 0.25) is 0 Å². The first kappa shape index (κ1) is 23.9. The van der Waals surface area contributed by atoms with E-state index in [-0.39, 0.29) is 12.1 Å². The van der Waals surface area contributed by atoms with Gasteiger partial charge in [0, 0.05) is 45.8 Å². The molecule has 4 aromatic rings. The highest BCUT2D eigenvalue weighted by atomic mass is 35.5. The number of aryl methyl sites for hydroxylation is 1. The summed E-state index contributed by atoms with van der Waals surface area (Å²) in [5, 5.41) is 14.8. The lowest BCUT2D eigenvalue weighted by atomic mass is 9.96. The van der Waals surface area contributed by atoms with Crippen LogP contribution in [0.15, 0.2) is 72.9 Å². The maximum atomic E-state index is 13.4. The molecule has 0 aliphatic rings. The summed E-state index contributed by atoms with van der Waals surface area (Å²) >= 11 is 12.4. The molecule has 0 atom stereocenters. The number of pyridine rings is 1. The Morgan fingerprint density at radius 3 is 2.21 bits per heavy atom. The third kappa shape index (κ3) is 5.29. The van der Waals surface area contributed by atoms with Crippen molar-refractivity contribution in [2.24, 2.45) is 0 Å². The zero-order chi connectivity index (χ0) is 24.5. The van der Waals surface area contributed by atoms with Crippen LogP contribution in [0.25, 0.3) is 22.3 Å². The van der Waals surface area contributed by atoms with E-state index in [1.807, 2.05) is 24.3 Å². The molecule has 3 aromatic carbocycles. The standard InChI is InChI=1S/C26H19Cl2F3N2O/c1-15-2-3-17(13-32-15)22-10-18(26(29,30)31)11-25(34)23(22)14-33-20-8-9-21(24(28)12-20)16-4-6-19(27)7-5-16/h2-13,33-34H,14H2,1H3. The molecule has 0 saturated carbocycles. The topological polar surface area (TPSA) is 45.1 Å². The van der Waals surface area contributed by atoms with Crippen LogP contribution < -0.4 is 5.32 Å². The molecule has 0 fully saturated rings. The van der Waals surface area contributed by atoms with Crippen molar-refractivity contribution < 1.29 is 18.3 Å². The van der Waals surface area contributed by atoms with Crippen molar-refractivity contribution in [2.45, 2.75) is 19.6 Å². The minimum absolute atomic E-state index is 0.0732. The second-order valence-electron chi connectivity index (χ2n) is 7.76. The van der Waals surface area contributed by atoms with Crippen molar-refractivity contribution in [3.05, 3.63) is 99.8 Å². The first-order valence-corrected chi connectivity index (χ1v) is 11.0. The number of hydrogen-bond acceptors (Lipinski definition) is 3. The number of aromatic hydroxyl groups is 1. The number of phenols is 1. The molecule has 0 unspecified atom stereocenters. The van der Waals surface area contributed by atoms with Crippen LogP contribution >= 0.6 is 23.2 Å². The van der Waals surface area contributed by atoms with Gasteiger partial charge in [0.1, 0.15) is 5.75 Å². The van der Waals surface area contributed by atoms with Crippen LogP contribution in [0, 0.1) is 6.92 Å². The van der Waals surface area contributed by atoms with Crippen molar-refractivity contribution in [3.8, 4) is 28.0 Å². The van der Waals surface area contributed by atoms with Gasteiger partial charge in [0.05, 0.1) is 10.6 Å². The molecule has 34 heavy (non-hydrogen) atoms. The number of nitrogens with zero attached hydrogens (tertiary/aromatic N) is 1. The number of anilines is 1. The lowest BCUT2D eigenvalue weighted by Gasteiger charge is -2.17. The molecule has 174 valence electrons. The molecule has 3 nitrogen and oxygen atoms in total. The van der Waals surface area contributed by atoms with Crippen molar-refractivity contribution in [2.75, 3.05) is 5.32 Å². The number of rotatable bonds is 5. The van der Waals surface area contributed by atoms with Crippen molar-refractivity contribution >= 4 is 28.9 Å². The van der Waals surface area contributed by atoms with Crippen LogP contribution in [0.4, 0.5) is 18.9 Å². The molecule has 1 heterocycles. The molecule has 0 amide bonds. The fraction of sp³-hybridized carbons (Fsp3) is 0.115. The summed E-state index contributed by atoms with van der Waals surface area (Å²) in [5.41, 5.74) is 3.19. The molecule has 0 radical (unpaired) electrons. The Labute approximate surface area is 204 Å². The number of nitrogens with one attached hydrogen (secondary N) is 1. The maximum Gasteiger partial charge on any atom is 0.416 e. The first-order valence-electron chi connectivity index (χ1n) is 10.3. The Morgan fingerprint density at radius 2 is 1.59 bits per heavy atom. The molecule has 0 aliphatic carbocycles. The van der Waals surface area contributed by atoms with Gasteiger partial charge in [0.15, 0.2) is 0 Å². The number of halogens is 5. The Hall–Kier alpha value is -3.22. The molecule has 0 bridgehead atoms. The molecule has 8 heteroatoms. The van der Waals surface area contributed by atoms with E-state index in [1.54, 1.807) is 37.3 Å². The molecule has 1 aromatic heterocycles. The van der Waals surface area contributed by atoms with Crippen LogP contribution in [0.3, 0.4) is 0 Å². The van der Waals surface area contributed by atoms with E-state index < -0.39 is 17.5 Å². The third-order valence-electron chi connectivity index (χ3n) is 5.37. The molecular formula is C26H19Cl2F3N2O. The third-order valence-corrected chi connectivity index (χ3v) is 5.93. The molecule has 0 spiro atoms. The quantitative estimate of drug-likeness (QED) is 0.288. The van der Waals surface area contributed by atoms with E-state index in [2.05, 4.69) is 10.3 Å². The number of hydrogen-bond donors (Lipinski definition) is 2. The lowest BCUT2D eigenvalue weighted by Crippen LogP contribution is -2.08. The van der Waals surface area contributed by atoms with Crippen LogP contribution in [0.1, 0.15) is 16.8 Å². The molecule has 2 N–H and O–H groups in total. The summed E-state index contributed by atoms with van der Waals surface area (Å²) < 4.78 is 40.2. The highest BCUT2D eigenvalue weighted by Gasteiger charge is 2.32. The largest absolute Gasteiger partial charge is 0.508 e. The van der Waals surface area contributed by atoms with Gasteiger partial charge in [-0.2, -0.15) is 13.2 Å². The first-order chi connectivity index (χ1) is 16.1. The van der Waals surface area contributed by atoms with E-state index in [4.69, 9.17) is 23.2 Å². The van der Waals surface area contributed by atoms with Crippen molar-refractivity contribution in [1.29, 1.82) is 0 Å².